The van der Waals surface area contributed by atoms with Crippen LogP contribution in [0.15, 0.2) is 30.6 Å². The van der Waals surface area contributed by atoms with E-state index in [1.54, 1.807) is 10.7 Å². The van der Waals surface area contributed by atoms with Gasteiger partial charge in [-0.1, -0.05) is 0 Å². The van der Waals surface area contributed by atoms with Crippen molar-refractivity contribution in [3.8, 4) is 11.8 Å². The van der Waals surface area contributed by atoms with Crippen molar-refractivity contribution in [2.45, 2.75) is 57.8 Å². The highest BCUT2D eigenvalue weighted by molar-refractivity contribution is 5.72. The van der Waals surface area contributed by atoms with Gasteiger partial charge in [0.1, 0.15) is 28.7 Å². The molecule has 1 N–H and O–H groups in total. The number of rotatable bonds is 5. The number of nitrogens with one attached hydrogen (secondary N) is 1. The van der Waals surface area contributed by atoms with Crippen molar-refractivity contribution in [2.75, 3.05) is 29.9 Å². The molecule has 5 rings (SSSR count). The smallest absolute Gasteiger partial charge is 0.148 e. The first kappa shape index (κ1) is 21.5. The average molecular weight is 448 g/mol. The second-order valence-corrected chi connectivity index (χ2v) is 8.95. The van der Waals surface area contributed by atoms with Gasteiger partial charge < -0.3 is 19.7 Å². The van der Waals surface area contributed by atoms with Crippen LogP contribution in [0.25, 0.3) is 5.52 Å². The Morgan fingerprint density at radius 2 is 2.06 bits per heavy atom. The van der Waals surface area contributed by atoms with Gasteiger partial charge in [0, 0.05) is 25.2 Å². The number of hydrogen-bond acceptors (Lipinski definition) is 8. The van der Waals surface area contributed by atoms with Crippen molar-refractivity contribution in [1.82, 2.24) is 19.8 Å². The van der Waals surface area contributed by atoms with E-state index in [0.717, 1.165) is 67.2 Å². The molecule has 1 aliphatic carbocycles. The van der Waals surface area contributed by atoms with Crippen LogP contribution in [0.1, 0.15) is 43.9 Å². The van der Waals surface area contributed by atoms with Crippen LogP contribution in [0.3, 0.4) is 0 Å². The zero-order chi connectivity index (χ0) is 22.8. The lowest BCUT2D eigenvalue weighted by Gasteiger charge is -2.33. The Bertz CT molecular complexity index is 1150. The monoisotopic (exact) mass is 447 g/mol. The zero-order valence-corrected chi connectivity index (χ0v) is 19.1. The van der Waals surface area contributed by atoms with Gasteiger partial charge in [-0.3, -0.25) is 0 Å². The van der Waals surface area contributed by atoms with Gasteiger partial charge in [-0.05, 0) is 51.7 Å². The molecule has 0 radical (unpaired) electrons. The summed E-state index contributed by atoms with van der Waals surface area (Å²) in [5, 5.41) is 25.8. The first-order valence-electron chi connectivity index (χ1n) is 11.6. The van der Waals surface area contributed by atoms with Crippen molar-refractivity contribution in [1.29, 1.82) is 5.26 Å². The minimum absolute atomic E-state index is 0.0938. The van der Waals surface area contributed by atoms with Crippen LogP contribution in [0, 0.1) is 18.3 Å². The molecule has 172 valence electrons. The Morgan fingerprint density at radius 3 is 2.79 bits per heavy atom. The standard InChI is InChI=1S/C24H29N7O2/c1-16-3-8-23(29-28-16)27-19-4-6-21(7-5-19)33-22-11-20(30-9-10-32-17(2)14-30)15-31-24(22)18(12-25)13-26-31/h3,8,11,13,15,17,19,21H,4-7,9-10,14H2,1-2H3,(H,27,29). The highest BCUT2D eigenvalue weighted by Crippen LogP contribution is 2.33. The third-order valence-corrected chi connectivity index (χ3v) is 6.41. The number of fused-ring (bicyclic) bond motifs is 1. The van der Waals surface area contributed by atoms with Crippen molar-refractivity contribution < 1.29 is 9.47 Å². The third-order valence-electron chi connectivity index (χ3n) is 6.41. The number of ether oxygens (including phenoxy) is 2. The SMILES string of the molecule is Cc1ccc(NC2CCC(Oc3cc(N4CCOC(C)C4)cn4ncc(C#N)c34)CC2)nn1. The molecular formula is C24H29N7O2. The van der Waals surface area contributed by atoms with Crippen LogP contribution < -0.4 is 15.0 Å². The molecule has 0 bridgehead atoms. The normalized spacial score (nSPS) is 23.3. The topological polar surface area (TPSA) is 101 Å². The van der Waals surface area contributed by atoms with E-state index in [1.807, 2.05) is 25.3 Å². The maximum Gasteiger partial charge on any atom is 0.148 e. The summed E-state index contributed by atoms with van der Waals surface area (Å²) in [6.45, 7) is 6.35. The molecule has 1 aliphatic heterocycles. The number of aromatic nitrogens is 4. The molecule has 1 saturated heterocycles. The molecule has 1 atom stereocenters. The number of anilines is 2. The Hall–Kier alpha value is -3.38. The van der Waals surface area contributed by atoms with E-state index >= 15 is 0 Å². The van der Waals surface area contributed by atoms with E-state index in [2.05, 4.69) is 44.6 Å². The van der Waals surface area contributed by atoms with Crippen LogP contribution in [0.2, 0.25) is 0 Å². The first-order chi connectivity index (χ1) is 16.1. The predicted molar refractivity (Wildman–Crippen MR) is 125 cm³/mol. The molecule has 0 aromatic carbocycles. The molecule has 3 aromatic rings. The summed E-state index contributed by atoms with van der Waals surface area (Å²) >= 11 is 0. The Morgan fingerprint density at radius 1 is 1.21 bits per heavy atom. The summed E-state index contributed by atoms with van der Waals surface area (Å²) < 4.78 is 14.0. The summed E-state index contributed by atoms with van der Waals surface area (Å²) in [6.07, 6.45) is 7.68. The van der Waals surface area contributed by atoms with Crippen molar-refractivity contribution in [3.05, 3.63) is 41.9 Å². The van der Waals surface area contributed by atoms with Crippen LogP contribution in [-0.2, 0) is 4.74 Å². The Kier molecular flexibility index (Phi) is 6.01. The van der Waals surface area contributed by atoms with Crippen molar-refractivity contribution >= 4 is 17.0 Å². The van der Waals surface area contributed by atoms with Gasteiger partial charge >= 0.3 is 0 Å². The second-order valence-electron chi connectivity index (χ2n) is 8.95. The molecule has 2 aliphatic rings. The van der Waals surface area contributed by atoms with Gasteiger partial charge in [0.15, 0.2) is 0 Å². The number of pyridine rings is 1. The number of aryl methyl sites for hydroxylation is 1. The summed E-state index contributed by atoms with van der Waals surface area (Å²) in [7, 11) is 0. The number of morpholine rings is 1. The van der Waals surface area contributed by atoms with E-state index in [4.69, 9.17) is 9.47 Å². The molecule has 9 heteroatoms. The van der Waals surface area contributed by atoms with Gasteiger partial charge in [-0.25, -0.2) is 4.52 Å². The first-order valence-corrected chi connectivity index (χ1v) is 11.6. The van der Waals surface area contributed by atoms with E-state index in [0.29, 0.717) is 18.2 Å². The number of nitriles is 1. The van der Waals surface area contributed by atoms with E-state index in [9.17, 15) is 5.26 Å². The lowest BCUT2D eigenvalue weighted by Crippen LogP contribution is -2.41. The second kappa shape index (κ2) is 9.24. The van der Waals surface area contributed by atoms with Crippen LogP contribution in [0.5, 0.6) is 5.75 Å². The number of nitrogens with zero attached hydrogens (tertiary/aromatic N) is 6. The lowest BCUT2D eigenvalue weighted by molar-refractivity contribution is 0.0531. The van der Waals surface area contributed by atoms with Gasteiger partial charge in [-0.15, -0.1) is 5.10 Å². The van der Waals surface area contributed by atoms with Gasteiger partial charge in [0.2, 0.25) is 0 Å². The van der Waals surface area contributed by atoms with Crippen LogP contribution in [-0.4, -0.2) is 57.8 Å². The highest BCUT2D eigenvalue weighted by Gasteiger charge is 2.25. The molecule has 1 unspecified atom stereocenters. The minimum Gasteiger partial charge on any atom is -0.488 e. The van der Waals surface area contributed by atoms with Crippen molar-refractivity contribution in [2.24, 2.45) is 0 Å². The fourth-order valence-electron chi connectivity index (χ4n) is 4.66. The molecule has 0 amide bonds. The van der Waals surface area contributed by atoms with Crippen LogP contribution in [0.4, 0.5) is 11.5 Å². The van der Waals surface area contributed by atoms with Crippen molar-refractivity contribution in [3.63, 3.8) is 0 Å². The predicted octanol–water partition coefficient (Wildman–Crippen LogP) is 3.33. The average Bonchev–Trinajstić information content (AvgIpc) is 3.25. The van der Waals surface area contributed by atoms with Gasteiger partial charge in [0.05, 0.1) is 42.6 Å². The summed E-state index contributed by atoms with van der Waals surface area (Å²) in [5.41, 5.74) is 3.21. The highest BCUT2D eigenvalue weighted by atomic mass is 16.5. The molecule has 1 saturated carbocycles. The van der Waals surface area contributed by atoms with Gasteiger partial charge in [-0.2, -0.15) is 15.5 Å². The Balaban J connectivity index is 1.31. The fourth-order valence-corrected chi connectivity index (χ4v) is 4.66. The molecule has 2 fully saturated rings. The molecule has 4 heterocycles. The molecule has 3 aromatic heterocycles. The quantitative estimate of drug-likeness (QED) is 0.636. The fraction of sp³-hybridized carbons (Fsp3) is 0.500. The minimum atomic E-state index is 0.0938. The summed E-state index contributed by atoms with van der Waals surface area (Å²) in [6, 6.07) is 8.61. The van der Waals surface area contributed by atoms with Gasteiger partial charge in [0.25, 0.3) is 0 Å². The van der Waals surface area contributed by atoms with E-state index in [-0.39, 0.29) is 12.2 Å². The molecule has 0 spiro atoms. The zero-order valence-electron chi connectivity index (χ0n) is 19.1. The summed E-state index contributed by atoms with van der Waals surface area (Å²) in [4.78, 5) is 2.29. The van der Waals surface area contributed by atoms with E-state index in [1.165, 1.54) is 0 Å². The molecular weight excluding hydrogens is 418 g/mol. The largest absolute Gasteiger partial charge is 0.488 e. The maximum absolute atomic E-state index is 9.59. The third kappa shape index (κ3) is 4.71. The van der Waals surface area contributed by atoms with E-state index < -0.39 is 0 Å². The lowest BCUT2D eigenvalue weighted by atomic mass is 9.93. The molecule has 9 nitrogen and oxygen atoms in total. The maximum atomic E-state index is 9.59. The van der Waals surface area contributed by atoms with Crippen LogP contribution >= 0.6 is 0 Å². The summed E-state index contributed by atoms with van der Waals surface area (Å²) in [5.74, 6) is 1.54. The Labute approximate surface area is 193 Å². The molecule has 33 heavy (non-hydrogen) atoms. The number of hydrogen-bond donors (Lipinski definition) is 1.